The number of fused-ring (bicyclic) bond motifs is 1. The highest BCUT2D eigenvalue weighted by atomic mass is 35.5. The van der Waals surface area contributed by atoms with Crippen molar-refractivity contribution in [2.75, 3.05) is 9.80 Å². The minimum atomic E-state index is -0.670. The monoisotopic (exact) mass is 425 g/mol. The highest BCUT2D eigenvalue weighted by Crippen LogP contribution is 2.42. The van der Waals surface area contributed by atoms with Crippen LogP contribution in [0.25, 0.3) is 0 Å². The van der Waals surface area contributed by atoms with Crippen LogP contribution in [0.15, 0.2) is 60.3 Å². The van der Waals surface area contributed by atoms with Gasteiger partial charge in [0.05, 0.1) is 6.04 Å². The maximum atomic E-state index is 12.9. The molecule has 0 fully saturated rings. The summed E-state index contributed by atoms with van der Waals surface area (Å²) in [6.07, 6.45) is 1.61. The van der Waals surface area contributed by atoms with E-state index in [9.17, 15) is 14.4 Å². The van der Waals surface area contributed by atoms with E-state index in [1.54, 1.807) is 42.2 Å². The number of nitrogens with zero attached hydrogens (tertiary/aromatic N) is 2. The van der Waals surface area contributed by atoms with Crippen LogP contribution in [-0.4, -0.2) is 23.6 Å². The number of halogens is 1. The first kappa shape index (κ1) is 21.6. The van der Waals surface area contributed by atoms with Gasteiger partial charge in [-0.15, -0.1) is 0 Å². The molecule has 2 atom stereocenters. The molecule has 1 aliphatic heterocycles. The predicted molar refractivity (Wildman–Crippen MR) is 118 cm³/mol. The van der Waals surface area contributed by atoms with Gasteiger partial charge in [-0.05, 0) is 56.2 Å². The van der Waals surface area contributed by atoms with Crippen molar-refractivity contribution in [1.82, 2.24) is 0 Å². The molecular weight excluding hydrogens is 402 g/mol. The molecule has 2 aromatic rings. The smallest absolute Gasteiger partial charge is 0.299 e. The quantitative estimate of drug-likeness (QED) is 0.593. The van der Waals surface area contributed by atoms with Gasteiger partial charge in [-0.3, -0.25) is 14.4 Å². The topological polar surface area (TPSA) is 83.7 Å². The van der Waals surface area contributed by atoms with Crippen LogP contribution in [0.4, 0.5) is 11.4 Å². The number of ketones is 1. The number of allylic oxidation sites excluding steroid dienone is 1. The van der Waals surface area contributed by atoms with E-state index < -0.39 is 11.7 Å². The van der Waals surface area contributed by atoms with Gasteiger partial charge >= 0.3 is 0 Å². The average Bonchev–Trinajstić information content (AvgIpc) is 2.68. The molecule has 0 radical (unpaired) electrons. The van der Waals surface area contributed by atoms with E-state index in [4.69, 9.17) is 17.3 Å². The lowest BCUT2D eigenvalue weighted by atomic mass is 9.89. The van der Waals surface area contributed by atoms with Gasteiger partial charge in [0.15, 0.2) is 0 Å². The molecule has 2 amide bonds. The Kier molecular flexibility index (Phi) is 6.27. The van der Waals surface area contributed by atoms with Crippen molar-refractivity contribution in [3.8, 4) is 0 Å². The molecule has 0 bridgehead atoms. The second kappa shape index (κ2) is 8.71. The van der Waals surface area contributed by atoms with Crippen LogP contribution >= 0.6 is 11.6 Å². The Morgan fingerprint density at radius 2 is 1.73 bits per heavy atom. The molecule has 2 N–H and O–H groups in total. The van der Waals surface area contributed by atoms with Crippen molar-refractivity contribution in [1.29, 1.82) is 0 Å². The molecule has 30 heavy (non-hydrogen) atoms. The number of para-hydroxylation sites is 1. The van der Waals surface area contributed by atoms with Crippen LogP contribution < -0.4 is 15.5 Å². The van der Waals surface area contributed by atoms with Crippen molar-refractivity contribution in [3.63, 3.8) is 0 Å². The van der Waals surface area contributed by atoms with Gasteiger partial charge in [-0.2, -0.15) is 0 Å². The van der Waals surface area contributed by atoms with E-state index >= 15 is 0 Å². The van der Waals surface area contributed by atoms with Crippen molar-refractivity contribution in [3.05, 3.63) is 70.9 Å². The largest absolute Gasteiger partial charge is 0.402 e. The number of nitrogens with two attached hydrogens (primary N) is 1. The summed E-state index contributed by atoms with van der Waals surface area (Å²) in [5, 5.41) is 0.582. The number of amides is 2. The van der Waals surface area contributed by atoms with Crippen LogP contribution in [0, 0.1) is 0 Å². The Hall–Kier alpha value is -3.12. The molecule has 7 heteroatoms. The molecule has 0 aromatic heterocycles. The van der Waals surface area contributed by atoms with Gasteiger partial charge in [0.2, 0.25) is 11.7 Å². The van der Waals surface area contributed by atoms with E-state index in [-0.39, 0.29) is 23.7 Å². The van der Waals surface area contributed by atoms with Crippen LogP contribution in [0.5, 0.6) is 0 Å². The third-order valence-corrected chi connectivity index (χ3v) is 5.36. The van der Waals surface area contributed by atoms with E-state index in [0.29, 0.717) is 17.1 Å². The fourth-order valence-corrected chi connectivity index (χ4v) is 4.03. The SMILES string of the molecule is CC(=O)N(c1ccc(Cl)cc1)C1CC(C)N(C(=O)C(=O)/C=C(/C)N)c2ccccc21. The first-order valence-electron chi connectivity index (χ1n) is 9.66. The van der Waals surface area contributed by atoms with Crippen molar-refractivity contribution < 1.29 is 14.4 Å². The zero-order chi connectivity index (χ0) is 22.0. The molecular formula is C23H24ClN3O3. The number of rotatable bonds is 4. The van der Waals surface area contributed by atoms with Gasteiger partial charge < -0.3 is 15.5 Å². The van der Waals surface area contributed by atoms with Crippen LogP contribution in [-0.2, 0) is 14.4 Å². The maximum absolute atomic E-state index is 12.9. The third-order valence-electron chi connectivity index (χ3n) is 5.10. The highest BCUT2D eigenvalue weighted by molar-refractivity contribution is 6.45. The van der Waals surface area contributed by atoms with E-state index in [1.165, 1.54) is 11.8 Å². The number of anilines is 2. The van der Waals surface area contributed by atoms with Crippen LogP contribution in [0.3, 0.4) is 0 Å². The summed E-state index contributed by atoms with van der Waals surface area (Å²) in [4.78, 5) is 41.1. The fourth-order valence-electron chi connectivity index (χ4n) is 3.91. The minimum absolute atomic E-state index is 0.123. The molecule has 0 saturated heterocycles. The molecule has 3 rings (SSSR count). The van der Waals surface area contributed by atoms with E-state index in [0.717, 1.165) is 17.3 Å². The van der Waals surface area contributed by atoms with Crippen LogP contribution in [0.2, 0.25) is 5.02 Å². The third kappa shape index (κ3) is 4.24. The summed E-state index contributed by atoms with van der Waals surface area (Å²) in [6, 6.07) is 13.8. The Bertz CT molecular complexity index is 1010. The molecule has 2 unspecified atom stereocenters. The molecule has 1 aliphatic rings. The zero-order valence-corrected chi connectivity index (χ0v) is 17.9. The molecule has 0 aliphatic carbocycles. The normalized spacial score (nSPS) is 18.5. The summed E-state index contributed by atoms with van der Waals surface area (Å²) in [5.74, 6) is -1.43. The van der Waals surface area contributed by atoms with Gasteiger partial charge in [0, 0.05) is 41.1 Å². The van der Waals surface area contributed by atoms with Crippen LogP contribution in [0.1, 0.15) is 38.8 Å². The number of carbonyl (C=O) groups excluding carboxylic acids is 3. The predicted octanol–water partition coefficient (Wildman–Crippen LogP) is 3.99. The summed E-state index contributed by atoms with van der Waals surface area (Å²) >= 11 is 6.01. The number of carbonyl (C=O) groups is 3. The second-order valence-electron chi connectivity index (χ2n) is 7.45. The second-order valence-corrected chi connectivity index (χ2v) is 7.89. The van der Waals surface area contributed by atoms with Crippen molar-refractivity contribution in [2.45, 2.75) is 39.3 Å². The fraction of sp³-hybridized carbons (Fsp3) is 0.261. The lowest BCUT2D eigenvalue weighted by Gasteiger charge is -2.43. The molecule has 2 aromatic carbocycles. The Labute approximate surface area is 180 Å². The summed E-state index contributed by atoms with van der Waals surface area (Å²) in [6.45, 7) is 4.94. The van der Waals surface area contributed by atoms with Gasteiger partial charge in [-0.25, -0.2) is 0 Å². The minimum Gasteiger partial charge on any atom is -0.402 e. The number of benzene rings is 2. The first-order chi connectivity index (χ1) is 14.2. The summed E-state index contributed by atoms with van der Waals surface area (Å²) in [7, 11) is 0. The number of hydrogen-bond acceptors (Lipinski definition) is 4. The highest BCUT2D eigenvalue weighted by Gasteiger charge is 2.39. The Morgan fingerprint density at radius 1 is 1.10 bits per heavy atom. The Morgan fingerprint density at radius 3 is 2.33 bits per heavy atom. The molecule has 0 saturated carbocycles. The standard InChI is InChI=1S/C23H24ClN3O3/c1-14(25)12-22(29)23(30)26-15(2)13-21(19-6-4-5-7-20(19)26)27(16(3)28)18-10-8-17(24)9-11-18/h4-12,15,21H,13,25H2,1-3H3/b14-12-. The van der Waals surface area contributed by atoms with Crippen molar-refractivity contribution in [2.24, 2.45) is 5.73 Å². The van der Waals surface area contributed by atoms with Crippen molar-refractivity contribution >= 4 is 40.6 Å². The Balaban J connectivity index is 2.07. The van der Waals surface area contributed by atoms with Gasteiger partial charge in [0.25, 0.3) is 5.91 Å². The molecule has 0 spiro atoms. The lowest BCUT2D eigenvalue weighted by Crippen LogP contribution is -2.49. The molecule has 1 heterocycles. The maximum Gasteiger partial charge on any atom is 0.299 e. The summed E-state index contributed by atoms with van der Waals surface area (Å²) in [5.41, 5.74) is 7.98. The van der Waals surface area contributed by atoms with E-state index in [2.05, 4.69) is 0 Å². The first-order valence-corrected chi connectivity index (χ1v) is 10.0. The number of hydrogen-bond donors (Lipinski definition) is 1. The van der Waals surface area contributed by atoms with Gasteiger partial charge in [-0.1, -0.05) is 29.8 Å². The average molecular weight is 426 g/mol. The molecule has 156 valence electrons. The zero-order valence-electron chi connectivity index (χ0n) is 17.1. The summed E-state index contributed by atoms with van der Waals surface area (Å²) < 4.78 is 0. The van der Waals surface area contributed by atoms with Gasteiger partial charge in [0.1, 0.15) is 0 Å². The molecule has 6 nitrogen and oxygen atoms in total. The van der Waals surface area contributed by atoms with E-state index in [1.807, 2.05) is 25.1 Å². The lowest BCUT2D eigenvalue weighted by molar-refractivity contribution is -0.133.